The first-order valence-corrected chi connectivity index (χ1v) is 9.42. The lowest BCUT2D eigenvalue weighted by Crippen LogP contribution is -2.42. The van der Waals surface area contributed by atoms with Crippen molar-refractivity contribution in [3.63, 3.8) is 0 Å². The molecule has 0 bridgehead atoms. The van der Waals surface area contributed by atoms with E-state index in [1.54, 1.807) is 18.2 Å². The van der Waals surface area contributed by atoms with Crippen LogP contribution in [-0.4, -0.2) is 37.7 Å². The van der Waals surface area contributed by atoms with E-state index in [1.807, 2.05) is 18.2 Å². The molecule has 0 radical (unpaired) electrons. The number of para-hydroxylation sites is 2. The van der Waals surface area contributed by atoms with E-state index in [0.717, 1.165) is 11.3 Å². The standard InChI is InChI=1S/C20H16FNO5S/c21-14-4-3-7-17-13(14)8-18(28-17)20(24)26-11-19(23)22-9-12-10-25-15-5-1-2-6-16(15)27-12/h1-8,12H,9-11H2,(H,22,23)/t12-/m1/s1. The third kappa shape index (κ3) is 3.91. The van der Waals surface area contributed by atoms with E-state index in [4.69, 9.17) is 14.2 Å². The summed E-state index contributed by atoms with van der Waals surface area (Å²) in [5.41, 5.74) is 0. The average molecular weight is 401 g/mol. The first kappa shape index (κ1) is 18.2. The van der Waals surface area contributed by atoms with Crippen molar-refractivity contribution >= 4 is 33.3 Å². The van der Waals surface area contributed by atoms with Gasteiger partial charge in [0.05, 0.1) is 6.54 Å². The Bertz CT molecular complexity index is 1030. The number of esters is 1. The van der Waals surface area contributed by atoms with Gasteiger partial charge in [-0.15, -0.1) is 11.3 Å². The van der Waals surface area contributed by atoms with Crippen molar-refractivity contribution in [1.29, 1.82) is 0 Å². The summed E-state index contributed by atoms with van der Waals surface area (Å²) in [6, 6.07) is 13.3. The minimum absolute atomic E-state index is 0.221. The summed E-state index contributed by atoms with van der Waals surface area (Å²) in [5.74, 6) is -0.234. The molecule has 2 heterocycles. The van der Waals surface area contributed by atoms with Gasteiger partial charge in [-0.1, -0.05) is 18.2 Å². The first-order valence-electron chi connectivity index (χ1n) is 8.60. The van der Waals surface area contributed by atoms with Crippen molar-refractivity contribution in [3.05, 3.63) is 59.2 Å². The van der Waals surface area contributed by atoms with E-state index in [-0.39, 0.29) is 17.5 Å². The zero-order valence-corrected chi connectivity index (χ0v) is 15.5. The molecule has 4 rings (SSSR count). The highest BCUT2D eigenvalue weighted by Crippen LogP contribution is 2.30. The molecule has 6 nitrogen and oxygen atoms in total. The van der Waals surface area contributed by atoms with Gasteiger partial charge < -0.3 is 19.5 Å². The van der Waals surface area contributed by atoms with E-state index in [0.29, 0.717) is 28.2 Å². The molecule has 8 heteroatoms. The molecule has 144 valence electrons. The van der Waals surface area contributed by atoms with Crippen LogP contribution in [0.3, 0.4) is 0 Å². The molecule has 0 saturated heterocycles. The fraction of sp³-hybridized carbons (Fsp3) is 0.200. The predicted molar refractivity (Wildman–Crippen MR) is 101 cm³/mol. The summed E-state index contributed by atoms with van der Waals surface area (Å²) in [5, 5.41) is 3.01. The molecule has 1 aromatic heterocycles. The van der Waals surface area contributed by atoms with Crippen molar-refractivity contribution in [2.24, 2.45) is 0 Å². The zero-order valence-electron chi connectivity index (χ0n) is 14.6. The molecule has 0 fully saturated rings. The Morgan fingerprint density at radius 1 is 1.18 bits per heavy atom. The van der Waals surface area contributed by atoms with Gasteiger partial charge in [0.15, 0.2) is 18.1 Å². The fourth-order valence-corrected chi connectivity index (χ4v) is 3.74. The molecule has 0 aliphatic carbocycles. The number of hydrogen-bond acceptors (Lipinski definition) is 6. The molecule has 2 aromatic carbocycles. The Morgan fingerprint density at radius 3 is 2.82 bits per heavy atom. The van der Waals surface area contributed by atoms with Crippen molar-refractivity contribution < 1.29 is 28.2 Å². The van der Waals surface area contributed by atoms with E-state index < -0.39 is 24.3 Å². The SMILES string of the molecule is O=C(COC(=O)c1cc2c(F)cccc2s1)NC[C@@H]1COc2ccccc2O1. The van der Waals surface area contributed by atoms with E-state index in [1.165, 1.54) is 12.1 Å². The maximum atomic E-state index is 13.7. The average Bonchev–Trinajstić information content (AvgIpc) is 3.16. The molecule has 1 amide bonds. The number of carbonyl (C=O) groups excluding carboxylic acids is 2. The fourth-order valence-electron chi connectivity index (χ4n) is 2.77. The van der Waals surface area contributed by atoms with E-state index in [9.17, 15) is 14.0 Å². The van der Waals surface area contributed by atoms with Crippen molar-refractivity contribution in [2.75, 3.05) is 19.8 Å². The van der Waals surface area contributed by atoms with E-state index >= 15 is 0 Å². The number of amides is 1. The van der Waals surface area contributed by atoms with Gasteiger partial charge in [-0.3, -0.25) is 4.79 Å². The summed E-state index contributed by atoms with van der Waals surface area (Å²) in [6.45, 7) is 0.100. The van der Waals surface area contributed by atoms with Crippen molar-refractivity contribution in [3.8, 4) is 11.5 Å². The second-order valence-electron chi connectivity index (χ2n) is 6.14. The zero-order chi connectivity index (χ0) is 19.5. The Labute approximate surface area is 163 Å². The van der Waals surface area contributed by atoms with Crippen LogP contribution in [0.4, 0.5) is 4.39 Å². The lowest BCUT2D eigenvalue weighted by Gasteiger charge is -2.26. The number of rotatable bonds is 5. The number of nitrogens with one attached hydrogen (secondary N) is 1. The van der Waals surface area contributed by atoms with Gasteiger partial charge in [0.25, 0.3) is 5.91 Å². The van der Waals surface area contributed by atoms with E-state index in [2.05, 4.69) is 5.32 Å². The summed E-state index contributed by atoms with van der Waals surface area (Å²) in [7, 11) is 0. The summed E-state index contributed by atoms with van der Waals surface area (Å²) in [4.78, 5) is 24.3. The smallest absolute Gasteiger partial charge is 0.348 e. The van der Waals surface area contributed by atoms with Crippen LogP contribution in [0, 0.1) is 5.82 Å². The second kappa shape index (κ2) is 7.85. The Morgan fingerprint density at radius 2 is 2.00 bits per heavy atom. The number of thiophene rings is 1. The minimum atomic E-state index is -0.665. The molecule has 0 saturated carbocycles. The largest absolute Gasteiger partial charge is 0.486 e. The van der Waals surface area contributed by atoms with Crippen LogP contribution in [0.5, 0.6) is 11.5 Å². The van der Waals surface area contributed by atoms with Crippen molar-refractivity contribution in [1.82, 2.24) is 5.32 Å². The summed E-state index contributed by atoms with van der Waals surface area (Å²) >= 11 is 1.12. The third-order valence-corrected chi connectivity index (χ3v) is 5.22. The topological polar surface area (TPSA) is 73.9 Å². The molecule has 1 aliphatic rings. The van der Waals surface area contributed by atoms with Gasteiger partial charge in [0.2, 0.25) is 0 Å². The Balaban J connectivity index is 1.26. The first-order chi connectivity index (χ1) is 13.6. The number of fused-ring (bicyclic) bond motifs is 2. The third-order valence-electron chi connectivity index (χ3n) is 4.14. The van der Waals surface area contributed by atoms with Gasteiger partial charge in [-0.2, -0.15) is 0 Å². The molecule has 3 aromatic rings. The molecular weight excluding hydrogens is 385 g/mol. The van der Waals surface area contributed by atoms with Crippen LogP contribution in [0.15, 0.2) is 48.5 Å². The van der Waals surface area contributed by atoms with Crippen LogP contribution < -0.4 is 14.8 Å². The number of benzene rings is 2. The van der Waals surface area contributed by atoms with Crippen LogP contribution in [-0.2, 0) is 9.53 Å². The molecule has 0 unspecified atom stereocenters. The van der Waals surface area contributed by atoms with Gasteiger partial charge >= 0.3 is 5.97 Å². The molecule has 0 spiro atoms. The van der Waals surface area contributed by atoms with Crippen LogP contribution >= 0.6 is 11.3 Å². The molecular formula is C20H16FNO5S. The van der Waals surface area contributed by atoms with Gasteiger partial charge in [0, 0.05) is 10.1 Å². The minimum Gasteiger partial charge on any atom is -0.486 e. The lowest BCUT2D eigenvalue weighted by atomic mass is 10.2. The monoisotopic (exact) mass is 401 g/mol. The summed E-state index contributed by atoms with van der Waals surface area (Å²) < 4.78 is 30.7. The van der Waals surface area contributed by atoms with Crippen LogP contribution in [0.1, 0.15) is 9.67 Å². The van der Waals surface area contributed by atoms with Crippen LogP contribution in [0.2, 0.25) is 0 Å². The lowest BCUT2D eigenvalue weighted by molar-refractivity contribution is -0.124. The van der Waals surface area contributed by atoms with Gasteiger partial charge in [-0.25, -0.2) is 9.18 Å². The van der Waals surface area contributed by atoms with Crippen molar-refractivity contribution in [2.45, 2.75) is 6.10 Å². The normalized spacial score (nSPS) is 15.2. The molecule has 1 aliphatic heterocycles. The Kier molecular flexibility index (Phi) is 5.12. The highest BCUT2D eigenvalue weighted by molar-refractivity contribution is 7.20. The molecule has 1 N–H and O–H groups in total. The highest BCUT2D eigenvalue weighted by atomic mass is 32.1. The predicted octanol–water partition coefficient (Wildman–Crippen LogP) is 3.15. The van der Waals surface area contributed by atoms with Gasteiger partial charge in [-0.05, 0) is 30.3 Å². The number of ether oxygens (including phenoxy) is 3. The Hall–Kier alpha value is -3.13. The molecule has 28 heavy (non-hydrogen) atoms. The quantitative estimate of drug-likeness (QED) is 0.665. The maximum Gasteiger partial charge on any atom is 0.348 e. The maximum absolute atomic E-state index is 13.7. The van der Waals surface area contributed by atoms with Gasteiger partial charge in [0.1, 0.15) is 23.4 Å². The highest BCUT2D eigenvalue weighted by Gasteiger charge is 2.21. The number of hydrogen-bond donors (Lipinski definition) is 1. The molecule has 1 atom stereocenters. The summed E-state index contributed by atoms with van der Waals surface area (Å²) in [6.07, 6.45) is -0.333. The second-order valence-corrected chi connectivity index (χ2v) is 7.22. The number of carbonyl (C=O) groups is 2. The number of halogens is 1. The van der Waals surface area contributed by atoms with Crippen LogP contribution in [0.25, 0.3) is 10.1 Å².